The molecule has 0 saturated carbocycles. The number of aromatic nitrogens is 1. The summed E-state index contributed by atoms with van der Waals surface area (Å²) in [6.07, 6.45) is 2.52. The van der Waals surface area contributed by atoms with Gasteiger partial charge >= 0.3 is 0 Å². The third-order valence-corrected chi connectivity index (χ3v) is 7.58. The van der Waals surface area contributed by atoms with E-state index in [-0.39, 0.29) is 10.7 Å². The number of thiocarbonyl (C=S) groups is 1. The molecule has 202 valence electrons. The fraction of sp³-hybridized carbons (Fsp3) is 0.156. The number of amides is 2. The predicted molar refractivity (Wildman–Crippen MR) is 163 cm³/mol. The number of hydrogen-bond donors (Lipinski definition) is 1. The molecule has 4 aromatic rings. The summed E-state index contributed by atoms with van der Waals surface area (Å²) < 4.78 is 7.99. The molecule has 0 spiro atoms. The van der Waals surface area contributed by atoms with Crippen molar-refractivity contribution in [2.75, 3.05) is 4.90 Å². The lowest BCUT2D eigenvalue weighted by Gasteiger charge is -2.29. The maximum absolute atomic E-state index is 13.5. The van der Waals surface area contributed by atoms with E-state index in [9.17, 15) is 9.59 Å². The van der Waals surface area contributed by atoms with Gasteiger partial charge in [0.05, 0.1) is 5.69 Å². The minimum absolute atomic E-state index is 0.0248. The van der Waals surface area contributed by atoms with E-state index in [0.29, 0.717) is 17.3 Å². The molecule has 0 atom stereocenters. The molecule has 0 bridgehead atoms. The van der Waals surface area contributed by atoms with Gasteiger partial charge in [-0.15, -0.1) is 0 Å². The van der Waals surface area contributed by atoms with E-state index in [1.807, 2.05) is 92.7 Å². The van der Waals surface area contributed by atoms with Gasteiger partial charge in [0, 0.05) is 27.7 Å². The number of benzene rings is 3. The van der Waals surface area contributed by atoms with Crippen molar-refractivity contribution in [1.29, 1.82) is 0 Å². The van der Waals surface area contributed by atoms with Crippen molar-refractivity contribution in [3.05, 3.63) is 118 Å². The summed E-state index contributed by atoms with van der Waals surface area (Å²) in [6.45, 7) is 6.37. The smallest absolute Gasteiger partial charge is 0.270 e. The van der Waals surface area contributed by atoms with Crippen LogP contribution >= 0.6 is 23.8 Å². The third kappa shape index (κ3) is 5.43. The monoisotopic (exact) mass is 569 g/mol. The minimum atomic E-state index is -0.513. The van der Waals surface area contributed by atoms with Crippen LogP contribution in [0.3, 0.4) is 0 Å². The number of hydrogen-bond acceptors (Lipinski definition) is 4. The Labute approximate surface area is 243 Å². The van der Waals surface area contributed by atoms with Gasteiger partial charge < -0.3 is 9.30 Å². The summed E-state index contributed by atoms with van der Waals surface area (Å²) in [6, 6.07) is 24.9. The maximum atomic E-state index is 13.5. The Balaban J connectivity index is 1.39. The number of carbonyl (C=O) groups excluding carboxylic acids is 2. The van der Waals surface area contributed by atoms with Gasteiger partial charge in [0.1, 0.15) is 17.9 Å². The first-order valence-electron chi connectivity index (χ1n) is 12.9. The minimum Gasteiger partial charge on any atom is -0.489 e. The van der Waals surface area contributed by atoms with Crippen LogP contribution in [0.25, 0.3) is 11.8 Å². The van der Waals surface area contributed by atoms with E-state index in [4.69, 9.17) is 28.6 Å². The van der Waals surface area contributed by atoms with Crippen molar-refractivity contribution < 1.29 is 14.3 Å². The lowest BCUT2D eigenvalue weighted by molar-refractivity contribution is -0.122. The number of ether oxygens (including phenoxy) is 1. The highest BCUT2D eigenvalue weighted by molar-refractivity contribution is 7.80. The second-order valence-corrected chi connectivity index (χ2v) is 10.3. The van der Waals surface area contributed by atoms with Gasteiger partial charge in [-0.1, -0.05) is 48.9 Å². The molecule has 2 heterocycles. The fourth-order valence-corrected chi connectivity index (χ4v) is 5.20. The van der Waals surface area contributed by atoms with Crippen molar-refractivity contribution in [2.45, 2.75) is 33.8 Å². The molecule has 8 heteroatoms. The fourth-order valence-electron chi connectivity index (χ4n) is 4.73. The van der Waals surface area contributed by atoms with Crippen LogP contribution in [0.15, 0.2) is 84.4 Å². The molecule has 0 radical (unpaired) electrons. The van der Waals surface area contributed by atoms with Crippen LogP contribution in [0.1, 0.15) is 35.0 Å². The standard InChI is InChI=1S/C32H28ClN3O3S/c1-4-22-9-11-26(12-10-22)36-31(38)28(30(37)34-32(36)40)18-24-17-20(2)35(21(24)3)25-13-15-27(16-14-25)39-19-23-7-5-6-8-29(23)33/h5-18H,4,19H2,1-3H3,(H,34,37,40)/b28-18+. The summed E-state index contributed by atoms with van der Waals surface area (Å²) in [7, 11) is 0. The first-order chi connectivity index (χ1) is 19.3. The number of aryl methyl sites for hydroxylation is 2. The largest absolute Gasteiger partial charge is 0.489 e. The van der Waals surface area contributed by atoms with Gasteiger partial charge in [-0.3, -0.25) is 19.8 Å². The summed E-state index contributed by atoms with van der Waals surface area (Å²) in [5.74, 6) is -0.245. The van der Waals surface area contributed by atoms with Crippen LogP contribution in [-0.2, 0) is 22.6 Å². The first-order valence-corrected chi connectivity index (χ1v) is 13.7. The average Bonchev–Trinajstić information content (AvgIpc) is 3.23. The number of nitrogens with zero attached hydrogens (tertiary/aromatic N) is 2. The number of anilines is 1. The Bertz CT molecular complexity index is 1640. The summed E-state index contributed by atoms with van der Waals surface area (Å²) in [5, 5.41) is 3.40. The molecule has 1 aliphatic rings. The van der Waals surface area contributed by atoms with Crippen LogP contribution in [0.5, 0.6) is 5.75 Å². The highest BCUT2D eigenvalue weighted by atomic mass is 35.5. The molecule has 5 rings (SSSR count). The van der Waals surface area contributed by atoms with Crippen LogP contribution in [0, 0.1) is 13.8 Å². The second-order valence-electron chi connectivity index (χ2n) is 9.51. The Morgan fingerprint density at radius 3 is 2.30 bits per heavy atom. The molecule has 1 aliphatic heterocycles. The lowest BCUT2D eigenvalue weighted by atomic mass is 10.1. The van der Waals surface area contributed by atoms with E-state index >= 15 is 0 Å². The van der Waals surface area contributed by atoms with Crippen molar-refractivity contribution in [3.8, 4) is 11.4 Å². The van der Waals surface area contributed by atoms with E-state index < -0.39 is 11.8 Å². The van der Waals surface area contributed by atoms with E-state index in [1.165, 1.54) is 4.90 Å². The van der Waals surface area contributed by atoms with Gasteiger partial charge in [-0.25, -0.2) is 0 Å². The van der Waals surface area contributed by atoms with E-state index in [1.54, 1.807) is 6.08 Å². The van der Waals surface area contributed by atoms with Crippen molar-refractivity contribution in [1.82, 2.24) is 9.88 Å². The normalized spacial score (nSPS) is 14.6. The highest BCUT2D eigenvalue weighted by Crippen LogP contribution is 2.27. The van der Waals surface area contributed by atoms with Crippen LogP contribution in [0.2, 0.25) is 5.02 Å². The number of halogens is 1. The molecule has 1 saturated heterocycles. The zero-order valence-electron chi connectivity index (χ0n) is 22.4. The second kappa shape index (κ2) is 11.5. The average molecular weight is 570 g/mol. The molecule has 40 heavy (non-hydrogen) atoms. The Morgan fingerprint density at radius 2 is 1.62 bits per heavy atom. The van der Waals surface area contributed by atoms with Crippen molar-refractivity contribution in [2.24, 2.45) is 0 Å². The summed E-state index contributed by atoms with van der Waals surface area (Å²) in [5.41, 5.74) is 6.25. The SMILES string of the molecule is CCc1ccc(N2C(=O)/C(=C/c3cc(C)n(-c4ccc(OCc5ccccc5Cl)cc4)c3C)C(=O)NC2=S)cc1. The Morgan fingerprint density at radius 1 is 0.950 bits per heavy atom. The van der Waals surface area contributed by atoms with Gasteiger partial charge in [-0.2, -0.15) is 0 Å². The van der Waals surface area contributed by atoms with Gasteiger partial charge in [0.2, 0.25) is 0 Å². The summed E-state index contributed by atoms with van der Waals surface area (Å²) in [4.78, 5) is 27.7. The third-order valence-electron chi connectivity index (χ3n) is 6.92. The Kier molecular flexibility index (Phi) is 7.87. The van der Waals surface area contributed by atoms with Crippen LogP contribution in [-0.4, -0.2) is 21.5 Å². The quantitative estimate of drug-likeness (QED) is 0.152. The highest BCUT2D eigenvalue weighted by Gasteiger charge is 2.34. The number of carbonyl (C=O) groups is 2. The van der Waals surface area contributed by atoms with Gasteiger partial charge in [0.15, 0.2) is 5.11 Å². The predicted octanol–water partition coefficient (Wildman–Crippen LogP) is 6.72. The summed E-state index contributed by atoms with van der Waals surface area (Å²) >= 11 is 11.6. The van der Waals surface area contributed by atoms with E-state index in [0.717, 1.165) is 45.9 Å². The first kappa shape index (κ1) is 27.4. The molecule has 6 nitrogen and oxygen atoms in total. The molecule has 1 fully saturated rings. The van der Waals surface area contributed by atoms with Gasteiger partial charge in [-0.05, 0) is 98.2 Å². The number of nitrogens with one attached hydrogen (secondary N) is 1. The molecule has 3 aromatic carbocycles. The van der Waals surface area contributed by atoms with Gasteiger partial charge in [0.25, 0.3) is 11.8 Å². The molecule has 2 amide bonds. The lowest BCUT2D eigenvalue weighted by Crippen LogP contribution is -2.54. The molecular weight excluding hydrogens is 542 g/mol. The van der Waals surface area contributed by atoms with Crippen molar-refractivity contribution in [3.63, 3.8) is 0 Å². The molecule has 0 aliphatic carbocycles. The van der Waals surface area contributed by atoms with Crippen LogP contribution < -0.4 is 15.0 Å². The Hall–Kier alpha value is -4.20. The molecule has 0 unspecified atom stereocenters. The van der Waals surface area contributed by atoms with E-state index in [2.05, 4.69) is 16.8 Å². The maximum Gasteiger partial charge on any atom is 0.270 e. The zero-order valence-corrected chi connectivity index (χ0v) is 24.0. The number of rotatable bonds is 7. The topological polar surface area (TPSA) is 63.6 Å². The molecular formula is C32H28ClN3O3S. The van der Waals surface area contributed by atoms with Crippen LogP contribution in [0.4, 0.5) is 5.69 Å². The molecule has 1 N–H and O–H groups in total. The van der Waals surface area contributed by atoms with Crippen molar-refractivity contribution >= 4 is 52.5 Å². The zero-order chi connectivity index (χ0) is 28.4. The molecule has 1 aromatic heterocycles.